The summed E-state index contributed by atoms with van der Waals surface area (Å²) in [5, 5.41) is 17.8. The zero-order valence-electron chi connectivity index (χ0n) is 11.6. The molecule has 0 aliphatic carbocycles. The summed E-state index contributed by atoms with van der Waals surface area (Å²) < 4.78 is 0. The Kier molecular flexibility index (Phi) is 6.68. The van der Waals surface area contributed by atoms with Crippen molar-refractivity contribution in [3.63, 3.8) is 0 Å². The van der Waals surface area contributed by atoms with Gasteiger partial charge in [0.25, 0.3) is 0 Å². The lowest BCUT2D eigenvalue weighted by atomic mass is 10.1. The van der Waals surface area contributed by atoms with Crippen LogP contribution < -0.4 is 10.6 Å². The Hall–Kier alpha value is -0.720. The zero-order valence-corrected chi connectivity index (χ0v) is 13.2. The van der Waals surface area contributed by atoms with E-state index in [1.807, 2.05) is 30.7 Å². The number of hydrogen-bond donors (Lipinski definition) is 3. The van der Waals surface area contributed by atoms with Crippen molar-refractivity contribution in [3.05, 3.63) is 22.4 Å². The Balaban J connectivity index is 2.41. The van der Waals surface area contributed by atoms with E-state index in [9.17, 15) is 9.90 Å². The minimum atomic E-state index is -1.02. The molecule has 0 saturated carbocycles. The third kappa shape index (κ3) is 5.42. The third-order valence-corrected chi connectivity index (χ3v) is 4.70. The largest absolute Gasteiger partial charge is 0.383 e. The molecule has 19 heavy (non-hydrogen) atoms. The fraction of sp³-hybridized carbons (Fsp3) is 0.615. The van der Waals surface area contributed by atoms with Crippen LogP contribution in [0, 0.1) is 0 Å². The Morgan fingerprint density at radius 2 is 2.37 bits per heavy atom. The van der Waals surface area contributed by atoms with Gasteiger partial charge in [0.15, 0.2) is 0 Å². The highest BCUT2D eigenvalue weighted by Gasteiger charge is 2.25. The second kappa shape index (κ2) is 7.77. The molecule has 0 saturated heterocycles. The standard InChI is InChI=1S/C13H22N2O2S2/c1-4-10(8-18-3)15-12(16)14-9-13(2,17)11-6-5-7-19-11/h5-7,10,17H,4,8-9H2,1-3H3,(H2,14,15,16). The average molecular weight is 302 g/mol. The van der Waals surface area contributed by atoms with E-state index in [4.69, 9.17) is 0 Å². The summed E-state index contributed by atoms with van der Waals surface area (Å²) in [6.45, 7) is 3.95. The first-order valence-corrected chi connectivity index (χ1v) is 8.56. The van der Waals surface area contributed by atoms with Crippen molar-refractivity contribution in [2.24, 2.45) is 0 Å². The lowest BCUT2D eigenvalue weighted by Gasteiger charge is -2.23. The first kappa shape index (κ1) is 16.3. The second-order valence-electron chi connectivity index (χ2n) is 4.64. The highest BCUT2D eigenvalue weighted by atomic mass is 32.2. The number of rotatable bonds is 7. The highest BCUT2D eigenvalue weighted by Crippen LogP contribution is 2.24. The SMILES string of the molecule is CCC(CSC)NC(=O)NCC(C)(O)c1cccs1. The fourth-order valence-electron chi connectivity index (χ4n) is 1.62. The molecule has 2 unspecified atom stereocenters. The Morgan fingerprint density at radius 3 is 2.89 bits per heavy atom. The molecule has 1 heterocycles. The maximum atomic E-state index is 11.8. The lowest BCUT2D eigenvalue weighted by molar-refractivity contribution is 0.0630. The molecule has 108 valence electrons. The number of carbonyl (C=O) groups is 1. The van der Waals surface area contributed by atoms with Crippen LogP contribution in [0.3, 0.4) is 0 Å². The number of thioether (sulfide) groups is 1. The number of hydrogen-bond acceptors (Lipinski definition) is 4. The van der Waals surface area contributed by atoms with Gasteiger partial charge in [-0.1, -0.05) is 13.0 Å². The van der Waals surface area contributed by atoms with Gasteiger partial charge >= 0.3 is 6.03 Å². The van der Waals surface area contributed by atoms with Crippen LogP contribution in [0.15, 0.2) is 17.5 Å². The number of aliphatic hydroxyl groups is 1. The van der Waals surface area contributed by atoms with E-state index in [2.05, 4.69) is 10.6 Å². The molecule has 6 heteroatoms. The highest BCUT2D eigenvalue weighted by molar-refractivity contribution is 7.98. The maximum absolute atomic E-state index is 11.8. The number of thiophene rings is 1. The molecule has 0 aliphatic rings. The van der Waals surface area contributed by atoms with Crippen molar-refractivity contribution >= 4 is 29.1 Å². The van der Waals surface area contributed by atoms with Gasteiger partial charge < -0.3 is 15.7 Å². The second-order valence-corrected chi connectivity index (χ2v) is 6.50. The van der Waals surface area contributed by atoms with Gasteiger partial charge in [-0.15, -0.1) is 11.3 Å². The minimum absolute atomic E-state index is 0.168. The molecule has 4 nitrogen and oxygen atoms in total. The van der Waals surface area contributed by atoms with E-state index >= 15 is 0 Å². The van der Waals surface area contributed by atoms with Crippen LogP contribution in [-0.2, 0) is 5.60 Å². The van der Waals surface area contributed by atoms with Gasteiger partial charge in [-0.2, -0.15) is 11.8 Å². The van der Waals surface area contributed by atoms with E-state index < -0.39 is 5.60 Å². The van der Waals surface area contributed by atoms with E-state index in [0.29, 0.717) is 0 Å². The summed E-state index contributed by atoms with van der Waals surface area (Å²) in [6, 6.07) is 3.70. The normalized spacial score (nSPS) is 15.6. The first-order valence-electron chi connectivity index (χ1n) is 6.29. The molecule has 2 amide bonds. The molecule has 0 fully saturated rings. The van der Waals surface area contributed by atoms with Crippen LogP contribution in [0.2, 0.25) is 0 Å². The van der Waals surface area contributed by atoms with Crippen LogP contribution in [0.5, 0.6) is 0 Å². The molecule has 1 rings (SSSR count). The molecule has 2 atom stereocenters. The van der Waals surface area contributed by atoms with Crippen LogP contribution in [0.4, 0.5) is 4.79 Å². The average Bonchev–Trinajstić information content (AvgIpc) is 2.90. The van der Waals surface area contributed by atoms with Gasteiger partial charge in [0.05, 0.1) is 6.54 Å². The molecule has 0 bridgehead atoms. The van der Waals surface area contributed by atoms with Crippen LogP contribution in [-0.4, -0.2) is 35.7 Å². The Labute approximate surface area is 123 Å². The molecule has 0 aliphatic heterocycles. The van der Waals surface area contributed by atoms with Gasteiger partial charge in [0, 0.05) is 16.7 Å². The van der Waals surface area contributed by atoms with Crippen molar-refractivity contribution in [2.75, 3.05) is 18.6 Å². The van der Waals surface area contributed by atoms with Crippen molar-refractivity contribution in [1.82, 2.24) is 10.6 Å². The van der Waals surface area contributed by atoms with Crippen molar-refractivity contribution in [2.45, 2.75) is 31.9 Å². The van der Waals surface area contributed by atoms with Gasteiger partial charge in [-0.25, -0.2) is 4.79 Å². The van der Waals surface area contributed by atoms with Gasteiger partial charge in [-0.05, 0) is 31.0 Å². The first-order chi connectivity index (χ1) is 8.99. The van der Waals surface area contributed by atoms with E-state index in [1.54, 1.807) is 18.7 Å². The predicted molar refractivity (Wildman–Crippen MR) is 82.9 cm³/mol. The summed E-state index contributed by atoms with van der Waals surface area (Å²) in [7, 11) is 0. The van der Waals surface area contributed by atoms with E-state index in [1.165, 1.54) is 11.3 Å². The zero-order chi connectivity index (χ0) is 14.3. The summed E-state index contributed by atoms with van der Waals surface area (Å²) in [6.07, 6.45) is 2.92. The number of carbonyl (C=O) groups excluding carboxylic acids is 1. The van der Waals surface area contributed by atoms with Crippen LogP contribution in [0.1, 0.15) is 25.1 Å². The molecule has 0 aromatic carbocycles. The smallest absolute Gasteiger partial charge is 0.315 e. The summed E-state index contributed by atoms with van der Waals surface area (Å²) in [5.74, 6) is 0.894. The van der Waals surface area contributed by atoms with Crippen molar-refractivity contribution in [1.29, 1.82) is 0 Å². The third-order valence-electron chi connectivity index (χ3n) is 2.84. The quantitative estimate of drug-likeness (QED) is 0.725. The van der Waals surface area contributed by atoms with Gasteiger partial charge in [0.2, 0.25) is 0 Å². The van der Waals surface area contributed by atoms with E-state index in [0.717, 1.165) is 17.1 Å². The van der Waals surface area contributed by atoms with Crippen molar-refractivity contribution < 1.29 is 9.90 Å². The van der Waals surface area contributed by atoms with E-state index in [-0.39, 0.29) is 18.6 Å². The molecule has 0 radical (unpaired) electrons. The fourth-order valence-corrected chi connectivity index (χ4v) is 3.13. The number of urea groups is 1. The number of amides is 2. The van der Waals surface area contributed by atoms with Crippen LogP contribution >= 0.6 is 23.1 Å². The maximum Gasteiger partial charge on any atom is 0.315 e. The number of nitrogens with one attached hydrogen (secondary N) is 2. The van der Waals surface area contributed by atoms with Gasteiger partial charge in [-0.3, -0.25) is 0 Å². The molecular formula is C13H22N2O2S2. The summed E-state index contributed by atoms with van der Waals surface area (Å²) in [5.41, 5.74) is -1.02. The van der Waals surface area contributed by atoms with Crippen molar-refractivity contribution in [3.8, 4) is 0 Å². The molecular weight excluding hydrogens is 280 g/mol. The lowest BCUT2D eigenvalue weighted by Crippen LogP contribution is -2.47. The molecule has 1 aromatic heterocycles. The molecule has 3 N–H and O–H groups in total. The summed E-state index contributed by atoms with van der Waals surface area (Å²) >= 11 is 3.19. The predicted octanol–water partition coefficient (Wildman–Crippen LogP) is 2.40. The summed E-state index contributed by atoms with van der Waals surface area (Å²) in [4.78, 5) is 12.6. The Morgan fingerprint density at radius 1 is 1.63 bits per heavy atom. The molecule has 0 spiro atoms. The van der Waals surface area contributed by atoms with Gasteiger partial charge in [0.1, 0.15) is 5.60 Å². The van der Waals surface area contributed by atoms with Crippen LogP contribution in [0.25, 0.3) is 0 Å². The minimum Gasteiger partial charge on any atom is -0.383 e. The Bertz CT molecular complexity index is 380. The molecule has 1 aromatic rings. The topological polar surface area (TPSA) is 61.4 Å². The monoisotopic (exact) mass is 302 g/mol.